The lowest BCUT2D eigenvalue weighted by Gasteiger charge is -2.39. The van der Waals surface area contributed by atoms with E-state index < -0.39 is 12.0 Å². The molecule has 3 N–H and O–H groups in total. The van der Waals surface area contributed by atoms with Gasteiger partial charge in [-0.3, -0.25) is 24.3 Å². The number of ether oxygens (including phenoxy) is 2. The average molecular weight is 659 g/mol. The number of aromatic nitrogens is 2. The summed E-state index contributed by atoms with van der Waals surface area (Å²) in [6.07, 6.45) is 1.87. The van der Waals surface area contributed by atoms with Gasteiger partial charge in [-0.15, -0.1) is 0 Å². The van der Waals surface area contributed by atoms with Crippen molar-refractivity contribution in [2.24, 2.45) is 17.8 Å². The summed E-state index contributed by atoms with van der Waals surface area (Å²) in [5, 5.41) is 12.7. The summed E-state index contributed by atoms with van der Waals surface area (Å²) in [5.74, 6) is -1.04. The molecule has 2 aliphatic rings. The topological polar surface area (TPSA) is 146 Å². The first-order chi connectivity index (χ1) is 23.1. The van der Waals surface area contributed by atoms with Crippen molar-refractivity contribution in [3.8, 4) is 11.5 Å². The number of hydrogen-bond acceptors (Lipinski definition) is 7. The number of piperidine rings is 1. The van der Waals surface area contributed by atoms with E-state index in [4.69, 9.17) is 9.47 Å². The van der Waals surface area contributed by atoms with E-state index in [1.807, 2.05) is 51.1 Å². The Kier molecular flexibility index (Phi) is 11.0. The summed E-state index contributed by atoms with van der Waals surface area (Å²) in [7, 11) is 3.09. The number of hydrogen-bond donors (Lipinski definition) is 3. The third-order valence-corrected chi connectivity index (χ3v) is 9.17. The SMILES string of the molecule is CNC(=O)[C@H](CCCc1ccccc1)NC(=O)C1CN(C(=O)c2cc(C)[nH]n2)CC2CN(C(=O)c3ccc(OC(C)C)c(OC)c3)CC21. The number of aromatic amines is 1. The maximum atomic E-state index is 14.1. The Balaban J connectivity index is 1.35. The minimum Gasteiger partial charge on any atom is -0.493 e. The molecular weight excluding hydrogens is 612 g/mol. The van der Waals surface area contributed by atoms with Gasteiger partial charge < -0.3 is 29.9 Å². The highest BCUT2D eigenvalue weighted by Crippen LogP contribution is 2.37. The van der Waals surface area contributed by atoms with Crippen LogP contribution in [-0.4, -0.2) is 96.1 Å². The van der Waals surface area contributed by atoms with Crippen molar-refractivity contribution in [2.45, 2.75) is 52.2 Å². The van der Waals surface area contributed by atoms with Gasteiger partial charge in [-0.1, -0.05) is 30.3 Å². The molecule has 0 spiro atoms. The molecule has 4 amide bonds. The molecule has 3 unspecified atom stereocenters. The van der Waals surface area contributed by atoms with Crippen LogP contribution in [0.3, 0.4) is 0 Å². The van der Waals surface area contributed by atoms with Crippen LogP contribution in [0.5, 0.6) is 11.5 Å². The molecule has 0 radical (unpaired) electrons. The number of rotatable bonds is 12. The predicted molar refractivity (Wildman–Crippen MR) is 180 cm³/mol. The van der Waals surface area contributed by atoms with Gasteiger partial charge in [-0.25, -0.2) is 0 Å². The highest BCUT2D eigenvalue weighted by molar-refractivity contribution is 5.96. The van der Waals surface area contributed by atoms with Crippen molar-refractivity contribution in [3.63, 3.8) is 0 Å². The highest BCUT2D eigenvalue weighted by atomic mass is 16.5. The minimum absolute atomic E-state index is 0.0619. The van der Waals surface area contributed by atoms with Crippen molar-refractivity contribution < 1.29 is 28.7 Å². The molecule has 12 nitrogen and oxygen atoms in total. The number of carbonyl (C=O) groups is 4. The molecule has 5 rings (SSSR count). The molecular formula is C36H46N6O6. The van der Waals surface area contributed by atoms with Gasteiger partial charge in [0.1, 0.15) is 11.7 Å². The molecule has 256 valence electrons. The summed E-state index contributed by atoms with van der Waals surface area (Å²) >= 11 is 0. The third kappa shape index (κ3) is 7.98. The van der Waals surface area contributed by atoms with Gasteiger partial charge in [0, 0.05) is 44.5 Å². The van der Waals surface area contributed by atoms with Gasteiger partial charge in [0.25, 0.3) is 11.8 Å². The van der Waals surface area contributed by atoms with Crippen LogP contribution in [0.15, 0.2) is 54.6 Å². The molecule has 2 aliphatic heterocycles. The first kappa shape index (κ1) is 34.5. The van der Waals surface area contributed by atoms with E-state index >= 15 is 0 Å². The number of H-pyrrole nitrogens is 1. The fraction of sp³-hybridized carbons (Fsp3) is 0.472. The van der Waals surface area contributed by atoms with Crippen LogP contribution < -0.4 is 20.1 Å². The number of likely N-dealkylation sites (N-methyl/N-ethyl adjacent to an activating group) is 1. The molecule has 2 aromatic carbocycles. The molecule has 2 fully saturated rings. The zero-order chi connectivity index (χ0) is 34.4. The lowest BCUT2D eigenvalue weighted by atomic mass is 9.79. The van der Waals surface area contributed by atoms with Crippen molar-refractivity contribution in [1.29, 1.82) is 0 Å². The Labute approximate surface area is 281 Å². The third-order valence-electron chi connectivity index (χ3n) is 9.17. The van der Waals surface area contributed by atoms with Crippen LogP contribution in [0, 0.1) is 24.7 Å². The van der Waals surface area contributed by atoms with Crippen LogP contribution in [-0.2, 0) is 16.0 Å². The van der Waals surface area contributed by atoms with Crippen molar-refractivity contribution >= 4 is 23.6 Å². The smallest absolute Gasteiger partial charge is 0.274 e. The Bertz CT molecular complexity index is 1610. The number of benzene rings is 2. The number of likely N-dealkylation sites (tertiary alicyclic amines) is 2. The number of nitrogens with zero attached hydrogens (tertiary/aromatic N) is 3. The monoisotopic (exact) mass is 658 g/mol. The van der Waals surface area contributed by atoms with Crippen LogP contribution in [0.4, 0.5) is 0 Å². The summed E-state index contributed by atoms with van der Waals surface area (Å²) in [6, 6.07) is 16.1. The van der Waals surface area contributed by atoms with E-state index in [1.54, 1.807) is 41.1 Å². The zero-order valence-electron chi connectivity index (χ0n) is 28.3. The molecule has 0 saturated carbocycles. The molecule has 4 atom stereocenters. The fourth-order valence-corrected chi connectivity index (χ4v) is 6.79. The Morgan fingerprint density at radius 3 is 2.33 bits per heavy atom. The fourth-order valence-electron chi connectivity index (χ4n) is 6.79. The van der Waals surface area contributed by atoms with Gasteiger partial charge in [0.2, 0.25) is 11.8 Å². The maximum Gasteiger partial charge on any atom is 0.274 e. The molecule has 0 bridgehead atoms. The quantitative estimate of drug-likeness (QED) is 0.271. The molecule has 12 heteroatoms. The van der Waals surface area contributed by atoms with Crippen LogP contribution >= 0.6 is 0 Å². The Hall–Kier alpha value is -4.87. The first-order valence-electron chi connectivity index (χ1n) is 16.6. The predicted octanol–water partition coefficient (Wildman–Crippen LogP) is 3.23. The molecule has 48 heavy (non-hydrogen) atoms. The van der Waals surface area contributed by atoms with Crippen molar-refractivity contribution in [3.05, 3.63) is 77.1 Å². The second-order valence-corrected chi connectivity index (χ2v) is 13.0. The molecule has 2 saturated heterocycles. The lowest BCUT2D eigenvalue weighted by Crippen LogP contribution is -2.56. The average Bonchev–Trinajstić information content (AvgIpc) is 3.73. The Morgan fingerprint density at radius 2 is 1.69 bits per heavy atom. The second-order valence-electron chi connectivity index (χ2n) is 13.0. The number of nitrogens with one attached hydrogen (secondary N) is 3. The first-order valence-corrected chi connectivity index (χ1v) is 16.6. The van der Waals surface area contributed by atoms with E-state index in [0.29, 0.717) is 49.5 Å². The van der Waals surface area contributed by atoms with E-state index in [0.717, 1.165) is 17.7 Å². The van der Waals surface area contributed by atoms with E-state index in [-0.39, 0.29) is 53.8 Å². The number of aryl methyl sites for hydroxylation is 2. The largest absolute Gasteiger partial charge is 0.493 e. The number of carbonyl (C=O) groups excluding carboxylic acids is 4. The molecule has 1 aromatic heterocycles. The Morgan fingerprint density at radius 1 is 0.958 bits per heavy atom. The lowest BCUT2D eigenvalue weighted by molar-refractivity contribution is -0.133. The molecule has 3 heterocycles. The summed E-state index contributed by atoms with van der Waals surface area (Å²) < 4.78 is 11.3. The van der Waals surface area contributed by atoms with Gasteiger partial charge in [-0.05, 0) is 81.7 Å². The zero-order valence-corrected chi connectivity index (χ0v) is 28.3. The summed E-state index contributed by atoms with van der Waals surface area (Å²) in [4.78, 5) is 57.8. The van der Waals surface area contributed by atoms with Gasteiger partial charge in [0.05, 0.1) is 19.1 Å². The van der Waals surface area contributed by atoms with E-state index in [1.165, 1.54) is 7.11 Å². The van der Waals surface area contributed by atoms with Crippen LogP contribution in [0.2, 0.25) is 0 Å². The van der Waals surface area contributed by atoms with Crippen molar-refractivity contribution in [1.82, 2.24) is 30.6 Å². The standard InChI is InChI=1S/C36H46N6O6/c1-22(2)48-31-15-14-25(17-32(31)47-5)35(45)41-18-26-19-42(36(46)30-16-23(3)39-40-30)21-28(27(26)20-41)33(43)38-29(34(44)37-4)13-9-12-24-10-7-6-8-11-24/h6-8,10-11,14-17,22,26-29H,9,12-13,18-21H2,1-5H3,(H,37,44)(H,38,43)(H,39,40)/t26?,27?,28?,29-/m0/s1. The second kappa shape index (κ2) is 15.4. The van der Waals surface area contributed by atoms with Crippen LogP contribution in [0.25, 0.3) is 0 Å². The van der Waals surface area contributed by atoms with Gasteiger partial charge in [-0.2, -0.15) is 5.10 Å². The molecule has 3 aromatic rings. The highest BCUT2D eigenvalue weighted by Gasteiger charge is 2.48. The maximum absolute atomic E-state index is 14.1. The number of methoxy groups -OCH3 is 1. The summed E-state index contributed by atoms with van der Waals surface area (Å²) in [6.45, 7) is 6.90. The van der Waals surface area contributed by atoms with E-state index in [9.17, 15) is 19.2 Å². The number of amides is 4. The normalized spacial score (nSPS) is 19.4. The van der Waals surface area contributed by atoms with Crippen molar-refractivity contribution in [2.75, 3.05) is 40.3 Å². The molecule has 0 aliphatic carbocycles. The number of fused-ring (bicyclic) bond motifs is 1. The van der Waals surface area contributed by atoms with Crippen LogP contribution in [0.1, 0.15) is 58.8 Å². The minimum atomic E-state index is -0.733. The summed E-state index contributed by atoms with van der Waals surface area (Å²) in [5.41, 5.74) is 2.63. The van der Waals surface area contributed by atoms with Gasteiger partial charge >= 0.3 is 0 Å². The van der Waals surface area contributed by atoms with Gasteiger partial charge in [0.15, 0.2) is 11.5 Å². The van der Waals surface area contributed by atoms with E-state index in [2.05, 4.69) is 20.8 Å².